The number of rotatable bonds is 12. The van der Waals surface area contributed by atoms with Crippen LogP contribution in [-0.4, -0.2) is 98.4 Å². The summed E-state index contributed by atoms with van der Waals surface area (Å²) in [6.07, 6.45) is 0.330. The molecule has 208 valence electrons. The number of aliphatic hydroxyl groups excluding tert-OH is 1. The molecule has 10 heteroatoms. The second-order valence-corrected chi connectivity index (χ2v) is 10.6. The average Bonchev–Trinajstić information content (AvgIpc) is 3.60. The molecule has 1 aliphatic rings. The van der Waals surface area contributed by atoms with Gasteiger partial charge < -0.3 is 29.0 Å². The zero-order chi connectivity index (χ0) is 27.2. The van der Waals surface area contributed by atoms with Crippen molar-refractivity contribution in [2.75, 3.05) is 67.2 Å². The summed E-state index contributed by atoms with van der Waals surface area (Å²) in [5.74, 6) is 2.71. The summed E-state index contributed by atoms with van der Waals surface area (Å²) in [7, 11) is 4.89. The molecular weight excluding hydrogens is 516 g/mol. The SMILES string of the molecule is COc1cc(CCN2CCN(CC(O)COc3cccc(-c4n[nH]c5ccsc45)c3)CC2)cc(OC)c1OC. The third kappa shape index (κ3) is 6.47. The van der Waals surface area contributed by atoms with Gasteiger partial charge in [-0.05, 0) is 47.7 Å². The van der Waals surface area contributed by atoms with Gasteiger partial charge in [0.1, 0.15) is 24.2 Å². The number of piperazine rings is 1. The number of hydrogen-bond donors (Lipinski definition) is 2. The van der Waals surface area contributed by atoms with E-state index in [4.69, 9.17) is 18.9 Å². The minimum Gasteiger partial charge on any atom is -0.493 e. The fourth-order valence-corrected chi connectivity index (χ4v) is 5.84. The first-order valence-corrected chi connectivity index (χ1v) is 14.0. The van der Waals surface area contributed by atoms with E-state index in [0.717, 1.165) is 71.9 Å². The third-order valence-corrected chi connectivity index (χ3v) is 8.01. The Hall–Kier alpha value is -3.31. The van der Waals surface area contributed by atoms with Crippen molar-refractivity contribution in [2.24, 2.45) is 0 Å². The highest BCUT2D eigenvalue weighted by Gasteiger charge is 2.20. The van der Waals surface area contributed by atoms with E-state index >= 15 is 0 Å². The normalized spacial score (nSPS) is 15.4. The van der Waals surface area contributed by atoms with Crippen molar-refractivity contribution in [1.29, 1.82) is 0 Å². The van der Waals surface area contributed by atoms with Crippen LogP contribution in [0.3, 0.4) is 0 Å². The molecule has 0 amide bonds. The van der Waals surface area contributed by atoms with Crippen LogP contribution in [0.5, 0.6) is 23.0 Å². The molecule has 2 aromatic carbocycles. The molecule has 2 aromatic heterocycles. The number of nitrogens with one attached hydrogen (secondary N) is 1. The van der Waals surface area contributed by atoms with Crippen molar-refractivity contribution in [3.8, 4) is 34.3 Å². The van der Waals surface area contributed by atoms with E-state index in [1.54, 1.807) is 32.7 Å². The van der Waals surface area contributed by atoms with Crippen LogP contribution in [0.4, 0.5) is 0 Å². The molecule has 2 N–H and O–H groups in total. The van der Waals surface area contributed by atoms with Gasteiger partial charge in [-0.1, -0.05) is 12.1 Å². The standard InChI is InChI=1S/C29H36N4O5S/c1-35-25-15-20(16-26(36-2)28(25)37-3)7-9-32-10-12-33(13-11-32)18-22(34)19-38-23-6-4-5-21(17-23)27-29-24(30-31-27)8-14-39-29/h4-6,8,14-17,22,34H,7,9-13,18-19H2,1-3H3,(H,30,31). The summed E-state index contributed by atoms with van der Waals surface area (Å²) < 4.78 is 23.5. The maximum atomic E-state index is 10.7. The lowest BCUT2D eigenvalue weighted by atomic mass is 10.1. The molecule has 3 heterocycles. The van der Waals surface area contributed by atoms with E-state index in [9.17, 15) is 5.11 Å². The average molecular weight is 553 g/mol. The molecule has 1 aliphatic heterocycles. The van der Waals surface area contributed by atoms with Gasteiger partial charge in [0.25, 0.3) is 0 Å². The van der Waals surface area contributed by atoms with Crippen molar-refractivity contribution in [1.82, 2.24) is 20.0 Å². The highest BCUT2D eigenvalue weighted by Crippen LogP contribution is 2.38. The van der Waals surface area contributed by atoms with Crippen molar-refractivity contribution in [3.05, 3.63) is 53.4 Å². The number of H-pyrrole nitrogens is 1. The highest BCUT2D eigenvalue weighted by molar-refractivity contribution is 7.17. The minimum atomic E-state index is -0.561. The van der Waals surface area contributed by atoms with E-state index in [1.807, 2.05) is 42.5 Å². The van der Waals surface area contributed by atoms with Gasteiger partial charge in [0.05, 0.1) is 31.5 Å². The monoisotopic (exact) mass is 552 g/mol. The smallest absolute Gasteiger partial charge is 0.203 e. The summed E-state index contributed by atoms with van der Waals surface area (Å²) in [5, 5.41) is 20.2. The third-order valence-electron chi connectivity index (χ3n) is 7.09. The van der Waals surface area contributed by atoms with Gasteiger partial charge in [0, 0.05) is 44.8 Å². The molecule has 39 heavy (non-hydrogen) atoms. The van der Waals surface area contributed by atoms with E-state index < -0.39 is 6.10 Å². The fourth-order valence-electron chi connectivity index (χ4n) is 4.98. The zero-order valence-electron chi connectivity index (χ0n) is 22.7. The maximum absolute atomic E-state index is 10.7. The fraction of sp³-hybridized carbons (Fsp3) is 0.414. The van der Waals surface area contributed by atoms with Gasteiger partial charge >= 0.3 is 0 Å². The Kier molecular flexibility index (Phi) is 8.88. The van der Waals surface area contributed by atoms with Gasteiger partial charge in [-0.15, -0.1) is 11.3 Å². The van der Waals surface area contributed by atoms with Crippen molar-refractivity contribution in [2.45, 2.75) is 12.5 Å². The lowest BCUT2D eigenvalue weighted by Crippen LogP contribution is -2.49. The first-order valence-electron chi connectivity index (χ1n) is 13.1. The van der Waals surface area contributed by atoms with Gasteiger partial charge in [0.15, 0.2) is 11.5 Å². The van der Waals surface area contributed by atoms with Gasteiger partial charge in [0.2, 0.25) is 5.75 Å². The summed E-state index contributed by atoms with van der Waals surface area (Å²) in [6.45, 7) is 5.54. The molecule has 1 unspecified atom stereocenters. The van der Waals surface area contributed by atoms with Crippen molar-refractivity contribution >= 4 is 21.6 Å². The van der Waals surface area contributed by atoms with Crippen LogP contribution in [0, 0.1) is 0 Å². The summed E-state index contributed by atoms with van der Waals surface area (Å²) in [5.41, 5.74) is 4.11. The maximum Gasteiger partial charge on any atom is 0.203 e. The van der Waals surface area contributed by atoms with Crippen LogP contribution in [0.15, 0.2) is 47.8 Å². The predicted molar refractivity (Wildman–Crippen MR) is 154 cm³/mol. The number of aromatic nitrogens is 2. The van der Waals surface area contributed by atoms with Crippen LogP contribution in [-0.2, 0) is 6.42 Å². The second-order valence-electron chi connectivity index (χ2n) is 9.65. The van der Waals surface area contributed by atoms with Gasteiger partial charge in [-0.2, -0.15) is 5.10 Å². The molecule has 0 radical (unpaired) electrons. The molecule has 0 aliphatic carbocycles. The van der Waals surface area contributed by atoms with Crippen LogP contribution in [0.1, 0.15) is 5.56 Å². The summed E-state index contributed by atoms with van der Waals surface area (Å²) >= 11 is 1.67. The Morgan fingerprint density at radius 1 is 0.974 bits per heavy atom. The van der Waals surface area contributed by atoms with E-state index in [-0.39, 0.29) is 6.61 Å². The second kappa shape index (κ2) is 12.7. The number of ether oxygens (including phenoxy) is 4. The molecule has 1 saturated heterocycles. The topological polar surface area (TPSA) is 92.3 Å². The van der Waals surface area contributed by atoms with Crippen molar-refractivity contribution < 1.29 is 24.1 Å². The Morgan fingerprint density at radius 2 is 1.72 bits per heavy atom. The number of nitrogens with zero attached hydrogens (tertiary/aromatic N) is 3. The number of aromatic amines is 1. The summed E-state index contributed by atoms with van der Waals surface area (Å²) in [4.78, 5) is 4.76. The Labute approximate surface area is 232 Å². The molecule has 5 rings (SSSR count). The lowest BCUT2D eigenvalue weighted by Gasteiger charge is -2.35. The molecule has 4 aromatic rings. The molecule has 1 atom stereocenters. The Bertz CT molecular complexity index is 1340. The van der Waals surface area contributed by atoms with Gasteiger partial charge in [-0.3, -0.25) is 10.00 Å². The molecule has 0 bridgehead atoms. The number of fused-ring (bicyclic) bond motifs is 1. The largest absolute Gasteiger partial charge is 0.493 e. The number of benzene rings is 2. The number of methoxy groups -OCH3 is 3. The molecule has 0 spiro atoms. The Balaban J connectivity index is 1.06. The van der Waals surface area contributed by atoms with E-state index in [0.29, 0.717) is 23.8 Å². The first kappa shape index (κ1) is 27.3. The van der Waals surface area contributed by atoms with E-state index in [1.165, 1.54) is 0 Å². The molecule has 1 fully saturated rings. The van der Waals surface area contributed by atoms with Crippen LogP contribution in [0.2, 0.25) is 0 Å². The zero-order valence-corrected chi connectivity index (χ0v) is 23.5. The number of thiophene rings is 1. The minimum absolute atomic E-state index is 0.250. The Morgan fingerprint density at radius 3 is 2.44 bits per heavy atom. The molecule has 0 saturated carbocycles. The predicted octanol–water partition coefficient (Wildman–Crippen LogP) is 3.92. The van der Waals surface area contributed by atoms with Crippen LogP contribution in [0.25, 0.3) is 21.5 Å². The van der Waals surface area contributed by atoms with Crippen LogP contribution >= 0.6 is 11.3 Å². The van der Waals surface area contributed by atoms with Gasteiger partial charge in [-0.25, -0.2) is 0 Å². The molecule has 9 nitrogen and oxygen atoms in total. The first-order chi connectivity index (χ1) is 19.1. The van der Waals surface area contributed by atoms with Crippen molar-refractivity contribution in [3.63, 3.8) is 0 Å². The molecular formula is C29H36N4O5S. The number of β-amino-alcohol motifs (C(OH)–C–C–N with tert-alkyl or cyclic N) is 1. The number of hydrogen-bond acceptors (Lipinski definition) is 9. The number of aliphatic hydroxyl groups is 1. The lowest BCUT2D eigenvalue weighted by molar-refractivity contribution is 0.0463. The van der Waals surface area contributed by atoms with E-state index in [2.05, 4.69) is 25.4 Å². The quantitative estimate of drug-likeness (QED) is 0.273. The highest BCUT2D eigenvalue weighted by atomic mass is 32.1. The summed E-state index contributed by atoms with van der Waals surface area (Å²) in [6, 6.07) is 13.9. The van der Waals surface area contributed by atoms with Crippen LogP contribution < -0.4 is 18.9 Å².